The number of hydrogen-bond acceptors (Lipinski definition) is 2. The van der Waals surface area contributed by atoms with Crippen LogP contribution in [0.2, 0.25) is 10.0 Å². The van der Waals surface area contributed by atoms with Crippen LogP contribution in [0.15, 0.2) is 66.7 Å². The molecule has 0 unspecified atom stereocenters. The SMILES string of the molecule is Cc1ccc(CC(=O)N(Cc2ccc(Cl)cc2Cl)[C@H](Cc2ccccc2)C(=O)NC(C)C)cc1C. The van der Waals surface area contributed by atoms with E-state index < -0.39 is 6.04 Å². The highest BCUT2D eigenvalue weighted by Crippen LogP contribution is 2.25. The molecule has 35 heavy (non-hydrogen) atoms. The van der Waals surface area contributed by atoms with Crippen LogP contribution in [0.5, 0.6) is 0 Å². The first kappa shape index (κ1) is 26.8. The van der Waals surface area contributed by atoms with Gasteiger partial charge in [0, 0.05) is 29.1 Å². The van der Waals surface area contributed by atoms with Gasteiger partial charge in [-0.1, -0.05) is 77.8 Å². The molecule has 0 bridgehead atoms. The van der Waals surface area contributed by atoms with E-state index in [2.05, 4.69) is 5.32 Å². The van der Waals surface area contributed by atoms with Gasteiger partial charge in [-0.2, -0.15) is 0 Å². The van der Waals surface area contributed by atoms with E-state index in [1.807, 2.05) is 76.2 Å². The first-order valence-electron chi connectivity index (χ1n) is 11.8. The van der Waals surface area contributed by atoms with Gasteiger partial charge in [-0.3, -0.25) is 9.59 Å². The number of halogens is 2. The molecule has 0 saturated heterocycles. The zero-order valence-electron chi connectivity index (χ0n) is 20.6. The van der Waals surface area contributed by atoms with E-state index in [9.17, 15) is 9.59 Å². The summed E-state index contributed by atoms with van der Waals surface area (Å²) in [5.41, 5.74) is 4.92. The van der Waals surface area contributed by atoms with Crippen molar-refractivity contribution in [2.75, 3.05) is 0 Å². The zero-order chi connectivity index (χ0) is 25.5. The summed E-state index contributed by atoms with van der Waals surface area (Å²) in [5, 5.41) is 3.98. The van der Waals surface area contributed by atoms with Crippen molar-refractivity contribution in [2.45, 2.75) is 59.2 Å². The zero-order valence-corrected chi connectivity index (χ0v) is 22.2. The Bertz CT molecular complexity index is 1180. The summed E-state index contributed by atoms with van der Waals surface area (Å²) in [5.74, 6) is -0.332. The maximum Gasteiger partial charge on any atom is 0.243 e. The van der Waals surface area contributed by atoms with Gasteiger partial charge in [-0.15, -0.1) is 0 Å². The van der Waals surface area contributed by atoms with Gasteiger partial charge >= 0.3 is 0 Å². The Morgan fingerprint density at radius 1 is 0.886 bits per heavy atom. The van der Waals surface area contributed by atoms with E-state index in [4.69, 9.17) is 23.2 Å². The molecule has 0 saturated carbocycles. The first-order valence-corrected chi connectivity index (χ1v) is 12.5. The Hall–Kier alpha value is -2.82. The standard InChI is InChI=1S/C29H32Cl2N2O2/c1-19(2)32-29(35)27(15-22-8-6-5-7-9-22)33(18-24-12-13-25(30)17-26(24)31)28(34)16-23-11-10-20(3)21(4)14-23/h5-14,17,19,27H,15-16,18H2,1-4H3,(H,32,35)/t27-/m1/s1. The summed E-state index contributed by atoms with van der Waals surface area (Å²) >= 11 is 12.6. The number of rotatable bonds is 9. The molecule has 3 aromatic carbocycles. The molecule has 1 N–H and O–H groups in total. The lowest BCUT2D eigenvalue weighted by Gasteiger charge is -2.32. The molecule has 0 aliphatic heterocycles. The molecule has 4 nitrogen and oxygen atoms in total. The van der Waals surface area contributed by atoms with E-state index in [1.54, 1.807) is 23.1 Å². The number of nitrogens with one attached hydrogen (secondary N) is 1. The van der Waals surface area contributed by atoms with Crippen LogP contribution in [-0.4, -0.2) is 28.8 Å². The quantitative estimate of drug-likeness (QED) is 0.366. The first-order chi connectivity index (χ1) is 16.6. The van der Waals surface area contributed by atoms with Crippen LogP contribution in [0.4, 0.5) is 0 Å². The normalized spacial score (nSPS) is 11.9. The molecule has 2 amide bonds. The van der Waals surface area contributed by atoms with Crippen molar-refractivity contribution in [3.63, 3.8) is 0 Å². The number of hydrogen-bond donors (Lipinski definition) is 1. The van der Waals surface area contributed by atoms with Crippen LogP contribution >= 0.6 is 23.2 Å². The fraction of sp³-hybridized carbons (Fsp3) is 0.310. The summed E-state index contributed by atoms with van der Waals surface area (Å²) in [6.45, 7) is 8.09. The second-order valence-corrected chi connectivity index (χ2v) is 10.1. The Labute approximate surface area is 218 Å². The van der Waals surface area contributed by atoms with E-state index in [1.165, 1.54) is 5.56 Å². The molecule has 0 radical (unpaired) electrons. The highest BCUT2D eigenvalue weighted by atomic mass is 35.5. The van der Waals surface area contributed by atoms with Crippen LogP contribution in [0.25, 0.3) is 0 Å². The summed E-state index contributed by atoms with van der Waals surface area (Å²) in [7, 11) is 0. The predicted octanol–water partition coefficient (Wildman–Crippen LogP) is 6.32. The van der Waals surface area contributed by atoms with Crippen LogP contribution in [0.3, 0.4) is 0 Å². The van der Waals surface area contributed by atoms with Gasteiger partial charge in [0.25, 0.3) is 0 Å². The van der Waals surface area contributed by atoms with Crippen molar-refractivity contribution in [2.24, 2.45) is 0 Å². The highest BCUT2D eigenvalue weighted by Gasteiger charge is 2.31. The summed E-state index contributed by atoms with van der Waals surface area (Å²) in [6, 6.07) is 20.2. The monoisotopic (exact) mass is 510 g/mol. The molecule has 184 valence electrons. The van der Waals surface area contributed by atoms with Gasteiger partial charge < -0.3 is 10.2 Å². The van der Waals surface area contributed by atoms with Crippen molar-refractivity contribution >= 4 is 35.0 Å². The molecule has 0 spiro atoms. The van der Waals surface area contributed by atoms with E-state index >= 15 is 0 Å². The van der Waals surface area contributed by atoms with Gasteiger partial charge in [0.05, 0.1) is 6.42 Å². The van der Waals surface area contributed by atoms with Crippen LogP contribution in [0, 0.1) is 13.8 Å². The smallest absolute Gasteiger partial charge is 0.243 e. The fourth-order valence-corrected chi connectivity index (χ4v) is 4.43. The minimum Gasteiger partial charge on any atom is -0.352 e. The second-order valence-electron chi connectivity index (χ2n) is 9.22. The third-order valence-corrected chi connectivity index (χ3v) is 6.57. The molecule has 0 aromatic heterocycles. The number of aryl methyl sites for hydroxylation is 2. The van der Waals surface area contributed by atoms with Crippen LogP contribution in [-0.2, 0) is 29.0 Å². The number of carbonyl (C=O) groups excluding carboxylic acids is 2. The molecule has 6 heteroatoms. The Balaban J connectivity index is 2.01. The molecule has 0 fully saturated rings. The van der Waals surface area contributed by atoms with Crippen LogP contribution < -0.4 is 5.32 Å². The van der Waals surface area contributed by atoms with E-state index in [0.29, 0.717) is 16.5 Å². The summed E-state index contributed by atoms with van der Waals surface area (Å²) < 4.78 is 0. The largest absolute Gasteiger partial charge is 0.352 e. The van der Waals surface area contributed by atoms with Gasteiger partial charge in [-0.05, 0) is 67.6 Å². The number of nitrogens with zero attached hydrogens (tertiary/aromatic N) is 1. The topological polar surface area (TPSA) is 49.4 Å². The molecular formula is C29H32Cl2N2O2. The number of amides is 2. The molecule has 0 aliphatic rings. The molecule has 0 heterocycles. The van der Waals surface area contributed by atoms with Gasteiger partial charge in [0.2, 0.25) is 11.8 Å². The Morgan fingerprint density at radius 2 is 1.60 bits per heavy atom. The highest BCUT2D eigenvalue weighted by molar-refractivity contribution is 6.35. The van der Waals surface area contributed by atoms with Gasteiger partial charge in [-0.25, -0.2) is 0 Å². The predicted molar refractivity (Wildman–Crippen MR) is 144 cm³/mol. The van der Waals surface area contributed by atoms with E-state index in [-0.39, 0.29) is 30.8 Å². The van der Waals surface area contributed by atoms with Crippen molar-refractivity contribution in [1.29, 1.82) is 0 Å². The Kier molecular flexibility index (Phi) is 9.36. The summed E-state index contributed by atoms with van der Waals surface area (Å²) in [4.78, 5) is 28.9. The lowest BCUT2D eigenvalue weighted by Crippen LogP contribution is -2.52. The molecule has 3 aromatic rings. The summed E-state index contributed by atoms with van der Waals surface area (Å²) in [6.07, 6.45) is 0.579. The van der Waals surface area contributed by atoms with Crippen molar-refractivity contribution < 1.29 is 9.59 Å². The molecule has 0 aliphatic carbocycles. The molecular weight excluding hydrogens is 479 g/mol. The maximum atomic E-state index is 13.8. The molecule has 1 atom stereocenters. The number of benzene rings is 3. The molecule has 3 rings (SSSR count). The number of carbonyl (C=O) groups is 2. The minimum absolute atomic E-state index is 0.0587. The van der Waals surface area contributed by atoms with E-state index in [0.717, 1.165) is 22.3 Å². The average molecular weight is 511 g/mol. The lowest BCUT2D eigenvalue weighted by molar-refractivity contribution is -0.141. The Morgan fingerprint density at radius 3 is 2.23 bits per heavy atom. The van der Waals surface area contributed by atoms with Gasteiger partial charge in [0.1, 0.15) is 6.04 Å². The van der Waals surface area contributed by atoms with Crippen molar-refractivity contribution in [1.82, 2.24) is 10.2 Å². The minimum atomic E-state index is -0.703. The third kappa shape index (κ3) is 7.58. The lowest BCUT2D eigenvalue weighted by atomic mass is 10.00. The fourth-order valence-electron chi connectivity index (χ4n) is 3.96. The van der Waals surface area contributed by atoms with Gasteiger partial charge in [0.15, 0.2) is 0 Å². The van der Waals surface area contributed by atoms with Crippen molar-refractivity contribution in [3.8, 4) is 0 Å². The van der Waals surface area contributed by atoms with Crippen molar-refractivity contribution in [3.05, 3.63) is 105 Å². The second kappa shape index (κ2) is 12.2. The van der Waals surface area contributed by atoms with Crippen LogP contribution in [0.1, 0.15) is 41.7 Å². The maximum absolute atomic E-state index is 13.8. The third-order valence-electron chi connectivity index (χ3n) is 5.98. The average Bonchev–Trinajstić information content (AvgIpc) is 2.80.